The molecule has 1 N–H and O–H groups in total. The van der Waals surface area contributed by atoms with Crippen molar-refractivity contribution in [3.05, 3.63) is 60.3 Å². The Kier molecular flexibility index (Phi) is 3.82. The van der Waals surface area contributed by atoms with Crippen molar-refractivity contribution in [2.45, 2.75) is 17.6 Å². The Hall–Kier alpha value is -1.32. The van der Waals surface area contributed by atoms with Crippen molar-refractivity contribution in [1.82, 2.24) is 4.98 Å². The zero-order valence-corrected chi connectivity index (χ0v) is 10.5. The fraction of sp³-hybridized carbons (Fsp3) is 0.214. The molecule has 88 valence electrons. The highest BCUT2D eigenvalue weighted by atomic mass is 32.2. The monoisotopic (exact) mass is 245 g/mol. The quantitative estimate of drug-likeness (QED) is 0.840. The average Bonchev–Trinajstić information content (AvgIpc) is 2.39. The van der Waals surface area contributed by atoms with Gasteiger partial charge in [0.1, 0.15) is 0 Å². The molecule has 0 aliphatic rings. The van der Waals surface area contributed by atoms with Crippen molar-refractivity contribution in [3.63, 3.8) is 0 Å². The molecule has 0 fully saturated rings. The van der Waals surface area contributed by atoms with Gasteiger partial charge in [0.25, 0.3) is 0 Å². The summed E-state index contributed by atoms with van der Waals surface area (Å²) in [6.07, 6.45) is 1.76. The van der Waals surface area contributed by atoms with Gasteiger partial charge in [-0.15, -0.1) is 11.8 Å². The Morgan fingerprint density at radius 1 is 1.12 bits per heavy atom. The van der Waals surface area contributed by atoms with Crippen molar-refractivity contribution in [2.24, 2.45) is 0 Å². The van der Waals surface area contributed by atoms with Crippen LogP contribution < -0.4 is 0 Å². The van der Waals surface area contributed by atoms with E-state index in [-0.39, 0.29) is 0 Å². The van der Waals surface area contributed by atoms with Gasteiger partial charge in [0, 0.05) is 11.9 Å². The van der Waals surface area contributed by atoms with Gasteiger partial charge < -0.3 is 5.11 Å². The standard InChI is InChI=1S/C14H15NOS/c1-14(16,12-7-3-2-4-8-12)11-17-13-9-5-6-10-15-13/h2-10,16H,11H2,1H3. The Morgan fingerprint density at radius 2 is 1.82 bits per heavy atom. The smallest absolute Gasteiger partial charge is 0.0962 e. The summed E-state index contributed by atoms with van der Waals surface area (Å²) >= 11 is 1.56. The van der Waals surface area contributed by atoms with E-state index in [9.17, 15) is 5.11 Å². The van der Waals surface area contributed by atoms with Gasteiger partial charge in [-0.25, -0.2) is 4.98 Å². The molecule has 1 unspecified atom stereocenters. The molecule has 0 spiro atoms. The van der Waals surface area contributed by atoms with E-state index in [1.165, 1.54) is 0 Å². The average molecular weight is 245 g/mol. The molecule has 1 atom stereocenters. The van der Waals surface area contributed by atoms with Gasteiger partial charge in [-0.05, 0) is 24.6 Å². The Bertz CT molecular complexity index is 456. The predicted octanol–water partition coefficient (Wildman–Crippen LogP) is 3.08. The lowest BCUT2D eigenvalue weighted by Gasteiger charge is -2.23. The summed E-state index contributed by atoms with van der Waals surface area (Å²) < 4.78 is 0. The lowest BCUT2D eigenvalue weighted by molar-refractivity contribution is 0.0839. The maximum atomic E-state index is 10.4. The predicted molar refractivity (Wildman–Crippen MR) is 71.0 cm³/mol. The first kappa shape index (κ1) is 12.1. The maximum Gasteiger partial charge on any atom is 0.0962 e. The van der Waals surface area contributed by atoms with E-state index in [4.69, 9.17) is 0 Å². The number of benzene rings is 1. The number of aromatic nitrogens is 1. The summed E-state index contributed by atoms with van der Waals surface area (Å²) in [5, 5.41) is 11.3. The third-order valence-corrected chi connectivity index (χ3v) is 3.78. The highest BCUT2D eigenvalue weighted by molar-refractivity contribution is 7.99. The van der Waals surface area contributed by atoms with E-state index < -0.39 is 5.60 Å². The molecule has 0 aliphatic heterocycles. The number of hydrogen-bond donors (Lipinski definition) is 1. The molecule has 2 aromatic rings. The molecule has 1 aromatic heterocycles. The number of thioether (sulfide) groups is 1. The molecule has 0 aliphatic carbocycles. The largest absolute Gasteiger partial charge is 0.385 e. The second-order valence-corrected chi connectivity index (χ2v) is 5.09. The van der Waals surface area contributed by atoms with Crippen molar-refractivity contribution in [2.75, 3.05) is 5.75 Å². The van der Waals surface area contributed by atoms with Crippen LogP contribution in [-0.2, 0) is 5.60 Å². The van der Waals surface area contributed by atoms with E-state index in [1.807, 2.05) is 55.5 Å². The van der Waals surface area contributed by atoms with Crippen LogP contribution in [0.5, 0.6) is 0 Å². The molecule has 2 nitrogen and oxygen atoms in total. The molecule has 0 saturated heterocycles. The van der Waals surface area contributed by atoms with Gasteiger partial charge in [-0.2, -0.15) is 0 Å². The van der Waals surface area contributed by atoms with Crippen LogP contribution >= 0.6 is 11.8 Å². The highest BCUT2D eigenvalue weighted by Gasteiger charge is 2.22. The minimum Gasteiger partial charge on any atom is -0.385 e. The van der Waals surface area contributed by atoms with Crippen molar-refractivity contribution in [1.29, 1.82) is 0 Å². The van der Waals surface area contributed by atoms with Crippen LogP contribution in [0.4, 0.5) is 0 Å². The summed E-state index contributed by atoms with van der Waals surface area (Å²) in [6, 6.07) is 15.5. The molecule has 1 aromatic carbocycles. The molecular weight excluding hydrogens is 230 g/mol. The summed E-state index contributed by atoms with van der Waals surface area (Å²) in [4.78, 5) is 4.23. The molecule has 1 heterocycles. The first-order valence-electron chi connectivity index (χ1n) is 5.50. The Labute approximate surface area is 106 Å². The number of rotatable bonds is 4. The summed E-state index contributed by atoms with van der Waals surface area (Å²) in [5.74, 6) is 0.591. The SMILES string of the molecule is CC(O)(CSc1ccccn1)c1ccccc1. The fourth-order valence-corrected chi connectivity index (χ4v) is 2.43. The van der Waals surface area contributed by atoms with Gasteiger partial charge in [0.15, 0.2) is 0 Å². The first-order chi connectivity index (χ1) is 8.18. The van der Waals surface area contributed by atoms with Crippen LogP contribution in [0.3, 0.4) is 0 Å². The number of pyridine rings is 1. The second kappa shape index (κ2) is 5.34. The maximum absolute atomic E-state index is 10.4. The van der Waals surface area contributed by atoms with Gasteiger partial charge in [-0.3, -0.25) is 0 Å². The van der Waals surface area contributed by atoms with E-state index in [0.717, 1.165) is 10.6 Å². The van der Waals surface area contributed by atoms with Crippen molar-refractivity contribution >= 4 is 11.8 Å². The van der Waals surface area contributed by atoms with Crippen LogP contribution in [-0.4, -0.2) is 15.8 Å². The third kappa shape index (κ3) is 3.32. The van der Waals surface area contributed by atoms with Crippen molar-refractivity contribution < 1.29 is 5.11 Å². The van der Waals surface area contributed by atoms with Gasteiger partial charge in [-0.1, -0.05) is 36.4 Å². The summed E-state index contributed by atoms with van der Waals surface area (Å²) in [7, 11) is 0. The molecular formula is C14H15NOS. The zero-order valence-electron chi connectivity index (χ0n) is 9.71. The molecule has 0 radical (unpaired) electrons. The van der Waals surface area contributed by atoms with Crippen LogP contribution in [0.25, 0.3) is 0 Å². The first-order valence-corrected chi connectivity index (χ1v) is 6.49. The van der Waals surface area contributed by atoms with Gasteiger partial charge in [0.05, 0.1) is 10.6 Å². The van der Waals surface area contributed by atoms with Crippen LogP contribution in [0.2, 0.25) is 0 Å². The number of nitrogens with zero attached hydrogens (tertiary/aromatic N) is 1. The molecule has 0 bridgehead atoms. The number of aliphatic hydroxyl groups is 1. The molecule has 0 amide bonds. The third-order valence-electron chi connectivity index (χ3n) is 2.53. The van der Waals surface area contributed by atoms with E-state index >= 15 is 0 Å². The number of hydrogen-bond acceptors (Lipinski definition) is 3. The van der Waals surface area contributed by atoms with E-state index in [0.29, 0.717) is 5.75 Å². The lowest BCUT2D eigenvalue weighted by Crippen LogP contribution is -2.24. The highest BCUT2D eigenvalue weighted by Crippen LogP contribution is 2.28. The minimum absolute atomic E-state index is 0.591. The van der Waals surface area contributed by atoms with Crippen LogP contribution in [0, 0.1) is 0 Å². The van der Waals surface area contributed by atoms with Crippen molar-refractivity contribution in [3.8, 4) is 0 Å². The minimum atomic E-state index is -0.830. The molecule has 0 saturated carbocycles. The molecule has 3 heteroatoms. The topological polar surface area (TPSA) is 33.1 Å². The van der Waals surface area contributed by atoms with Crippen LogP contribution in [0.15, 0.2) is 59.8 Å². The van der Waals surface area contributed by atoms with Gasteiger partial charge >= 0.3 is 0 Å². The van der Waals surface area contributed by atoms with E-state index in [2.05, 4.69) is 4.98 Å². The van der Waals surface area contributed by atoms with E-state index in [1.54, 1.807) is 18.0 Å². The fourth-order valence-electron chi connectivity index (χ4n) is 1.53. The molecule has 2 rings (SSSR count). The normalized spacial score (nSPS) is 14.2. The summed E-state index contributed by atoms with van der Waals surface area (Å²) in [5.41, 5.74) is 0.104. The van der Waals surface area contributed by atoms with Crippen LogP contribution in [0.1, 0.15) is 12.5 Å². The Morgan fingerprint density at radius 3 is 2.47 bits per heavy atom. The lowest BCUT2D eigenvalue weighted by atomic mass is 9.99. The Balaban J connectivity index is 2.03. The van der Waals surface area contributed by atoms with Gasteiger partial charge in [0.2, 0.25) is 0 Å². The second-order valence-electron chi connectivity index (χ2n) is 4.10. The molecule has 17 heavy (non-hydrogen) atoms. The summed E-state index contributed by atoms with van der Waals surface area (Å²) in [6.45, 7) is 1.83. The zero-order chi connectivity index (χ0) is 12.1.